The number of hydrogen-bond donors (Lipinski definition) is 1. The Morgan fingerprint density at radius 2 is 2.20 bits per heavy atom. The van der Waals surface area contributed by atoms with Gasteiger partial charge in [0.2, 0.25) is 0 Å². The maximum Gasteiger partial charge on any atom is 0.191 e. The number of pyridine rings is 1. The summed E-state index contributed by atoms with van der Waals surface area (Å²) < 4.78 is 0. The van der Waals surface area contributed by atoms with Crippen LogP contribution in [-0.2, 0) is 4.79 Å². The van der Waals surface area contributed by atoms with E-state index >= 15 is 0 Å². The molecule has 0 radical (unpaired) electrons. The zero-order valence-electron chi connectivity index (χ0n) is 8.10. The van der Waals surface area contributed by atoms with Crippen LogP contribution in [0.5, 0.6) is 0 Å². The van der Waals surface area contributed by atoms with Gasteiger partial charge in [0.15, 0.2) is 10.9 Å². The second kappa shape index (κ2) is 5.89. The maximum atomic E-state index is 11.5. The lowest BCUT2D eigenvalue weighted by Crippen LogP contribution is -2.06. The van der Waals surface area contributed by atoms with Crippen LogP contribution >= 0.6 is 23.7 Å². The molecule has 0 spiro atoms. The summed E-state index contributed by atoms with van der Waals surface area (Å²) in [6, 6.07) is 3.33. The van der Waals surface area contributed by atoms with E-state index in [1.54, 1.807) is 12.1 Å². The van der Waals surface area contributed by atoms with Gasteiger partial charge < -0.3 is 0 Å². The molecule has 4 nitrogen and oxygen atoms in total. The van der Waals surface area contributed by atoms with Crippen LogP contribution in [0.4, 0.5) is 0 Å². The van der Waals surface area contributed by atoms with Crippen LogP contribution in [0.15, 0.2) is 23.2 Å². The van der Waals surface area contributed by atoms with Gasteiger partial charge in [-0.1, -0.05) is 11.8 Å². The Kier molecular flexibility index (Phi) is 4.80. The highest BCUT2D eigenvalue weighted by Gasteiger charge is 2.08. The number of hydrogen-bond acceptors (Lipinski definition) is 6. The van der Waals surface area contributed by atoms with Crippen molar-refractivity contribution in [3.8, 4) is 0 Å². The number of ketones is 1. The first-order chi connectivity index (χ1) is 7.13. The Labute approximate surface area is 96.2 Å². The van der Waals surface area contributed by atoms with Crippen molar-refractivity contribution in [3.63, 3.8) is 0 Å². The van der Waals surface area contributed by atoms with Crippen LogP contribution in [0.25, 0.3) is 0 Å². The smallest absolute Gasteiger partial charge is 0.191 e. The zero-order valence-corrected chi connectivity index (χ0v) is 9.73. The second-order valence-corrected chi connectivity index (χ2v) is 4.56. The summed E-state index contributed by atoms with van der Waals surface area (Å²) in [5.74, 6) is -0.0129. The standard InChI is InChI=1S/C9H10N2O2S2/c1-6(12)14-5-9(13)8-3-2-7(15-10)4-11-8/h2-4H,5,10H2,1H3. The molecule has 0 saturated heterocycles. The molecule has 6 heteroatoms. The van der Waals surface area contributed by atoms with Crippen molar-refractivity contribution in [1.29, 1.82) is 0 Å². The minimum Gasteiger partial charge on any atom is -0.291 e. The Balaban J connectivity index is 2.62. The molecule has 0 aliphatic carbocycles. The second-order valence-electron chi connectivity index (χ2n) is 2.70. The number of rotatable bonds is 4. The zero-order chi connectivity index (χ0) is 11.3. The largest absolute Gasteiger partial charge is 0.291 e. The maximum absolute atomic E-state index is 11.5. The van der Waals surface area contributed by atoms with E-state index in [9.17, 15) is 9.59 Å². The first kappa shape index (κ1) is 12.2. The van der Waals surface area contributed by atoms with E-state index in [2.05, 4.69) is 4.98 Å². The molecule has 0 aliphatic rings. The Morgan fingerprint density at radius 1 is 1.47 bits per heavy atom. The van der Waals surface area contributed by atoms with Crippen molar-refractivity contribution >= 4 is 34.6 Å². The summed E-state index contributed by atoms with van der Waals surface area (Å²) in [5.41, 5.74) is 0.363. The Hall–Kier alpha value is -0.850. The molecule has 1 aromatic rings. The summed E-state index contributed by atoms with van der Waals surface area (Å²) in [6.07, 6.45) is 1.54. The van der Waals surface area contributed by atoms with Crippen LogP contribution in [0, 0.1) is 0 Å². The topological polar surface area (TPSA) is 73.0 Å². The number of nitrogens with zero attached hydrogens (tertiary/aromatic N) is 1. The van der Waals surface area contributed by atoms with Crippen molar-refractivity contribution in [1.82, 2.24) is 4.98 Å². The fraction of sp³-hybridized carbons (Fsp3) is 0.222. The fourth-order valence-corrected chi connectivity index (χ4v) is 1.60. The minimum atomic E-state index is -0.149. The molecule has 80 valence electrons. The molecule has 0 unspecified atom stereocenters. The molecule has 15 heavy (non-hydrogen) atoms. The lowest BCUT2D eigenvalue weighted by molar-refractivity contribution is -0.109. The van der Waals surface area contributed by atoms with E-state index in [1.165, 1.54) is 13.1 Å². The van der Waals surface area contributed by atoms with Gasteiger partial charge in [-0.3, -0.25) is 19.7 Å². The first-order valence-corrected chi connectivity index (χ1v) is 5.99. The van der Waals surface area contributed by atoms with Gasteiger partial charge in [-0.2, -0.15) is 0 Å². The number of aromatic nitrogens is 1. The van der Waals surface area contributed by atoms with Crippen molar-refractivity contribution in [2.45, 2.75) is 11.8 Å². The molecule has 0 fully saturated rings. The van der Waals surface area contributed by atoms with Crippen molar-refractivity contribution in [3.05, 3.63) is 24.0 Å². The van der Waals surface area contributed by atoms with Crippen LogP contribution in [0.3, 0.4) is 0 Å². The molecule has 1 heterocycles. The first-order valence-electron chi connectivity index (χ1n) is 4.13. The minimum absolute atomic E-state index is 0.0718. The summed E-state index contributed by atoms with van der Waals surface area (Å²) >= 11 is 2.06. The monoisotopic (exact) mass is 242 g/mol. The van der Waals surface area contributed by atoms with Crippen molar-refractivity contribution in [2.24, 2.45) is 5.14 Å². The Morgan fingerprint density at radius 3 is 2.67 bits per heavy atom. The van der Waals surface area contributed by atoms with E-state index < -0.39 is 0 Å². The summed E-state index contributed by atoms with van der Waals surface area (Å²) in [7, 11) is 0. The van der Waals surface area contributed by atoms with Crippen LogP contribution < -0.4 is 5.14 Å². The van der Waals surface area contributed by atoms with E-state index in [4.69, 9.17) is 5.14 Å². The lowest BCUT2D eigenvalue weighted by Gasteiger charge is -1.99. The van der Waals surface area contributed by atoms with Crippen molar-refractivity contribution < 1.29 is 9.59 Å². The highest BCUT2D eigenvalue weighted by atomic mass is 32.2. The number of Topliss-reactive ketones (excluding diaryl/α,β-unsaturated/α-hetero) is 1. The predicted molar refractivity (Wildman–Crippen MR) is 61.8 cm³/mol. The van der Waals surface area contributed by atoms with Gasteiger partial charge in [0.1, 0.15) is 5.69 Å². The van der Waals surface area contributed by atoms with Gasteiger partial charge in [-0.25, -0.2) is 0 Å². The van der Waals surface area contributed by atoms with Crippen molar-refractivity contribution in [2.75, 3.05) is 5.75 Å². The highest BCUT2D eigenvalue weighted by molar-refractivity contribution is 8.14. The van der Waals surface area contributed by atoms with Gasteiger partial charge in [-0.05, 0) is 24.1 Å². The molecule has 0 amide bonds. The third-order valence-corrected chi connectivity index (χ3v) is 2.89. The summed E-state index contributed by atoms with van der Waals surface area (Å²) in [4.78, 5) is 26.9. The van der Waals surface area contributed by atoms with E-state index in [-0.39, 0.29) is 16.7 Å². The molecule has 1 rings (SSSR count). The van der Waals surface area contributed by atoms with Gasteiger partial charge in [-0.15, -0.1) is 0 Å². The molecule has 0 aromatic carbocycles. The highest BCUT2D eigenvalue weighted by Crippen LogP contribution is 2.11. The lowest BCUT2D eigenvalue weighted by atomic mass is 10.3. The number of thioether (sulfide) groups is 1. The van der Waals surface area contributed by atoms with Crippen LogP contribution in [0.1, 0.15) is 17.4 Å². The van der Waals surface area contributed by atoms with E-state index in [0.717, 1.165) is 28.6 Å². The van der Waals surface area contributed by atoms with Crippen LogP contribution in [-0.4, -0.2) is 21.6 Å². The molecular weight excluding hydrogens is 232 g/mol. The predicted octanol–water partition coefficient (Wildman–Crippen LogP) is 1.51. The molecule has 0 atom stereocenters. The van der Waals surface area contributed by atoms with Gasteiger partial charge in [0.05, 0.1) is 5.75 Å². The molecule has 0 aliphatic heterocycles. The number of carbonyl (C=O) groups is 2. The molecule has 0 bridgehead atoms. The van der Waals surface area contributed by atoms with Gasteiger partial charge in [0.25, 0.3) is 0 Å². The number of carbonyl (C=O) groups excluding carboxylic acids is 2. The van der Waals surface area contributed by atoms with Gasteiger partial charge in [0, 0.05) is 18.0 Å². The molecular formula is C9H10N2O2S2. The third kappa shape index (κ3) is 4.03. The third-order valence-electron chi connectivity index (χ3n) is 1.56. The summed E-state index contributed by atoms with van der Waals surface area (Å²) in [6.45, 7) is 1.43. The average Bonchev–Trinajstić information content (AvgIpc) is 2.26. The van der Waals surface area contributed by atoms with E-state index in [0.29, 0.717) is 5.69 Å². The van der Waals surface area contributed by atoms with E-state index in [1.807, 2.05) is 0 Å². The van der Waals surface area contributed by atoms with Crippen LogP contribution in [0.2, 0.25) is 0 Å². The molecule has 1 aromatic heterocycles. The normalized spacial score (nSPS) is 10.0. The SMILES string of the molecule is CC(=O)SCC(=O)c1ccc(SN)cn1. The van der Waals surface area contributed by atoms with Gasteiger partial charge >= 0.3 is 0 Å². The quantitative estimate of drug-likeness (QED) is 0.637. The molecule has 0 saturated carbocycles. The average molecular weight is 242 g/mol. The Bertz CT molecular complexity index is 365. The summed E-state index contributed by atoms with van der Waals surface area (Å²) in [5, 5.41) is 5.25. The number of nitrogens with two attached hydrogens (primary N) is 1. The fourth-order valence-electron chi connectivity index (χ4n) is 0.856. The molecule has 2 N–H and O–H groups in total.